The second-order valence-electron chi connectivity index (χ2n) is 5.04. The summed E-state index contributed by atoms with van der Waals surface area (Å²) in [6.07, 6.45) is 3.53. The van der Waals surface area contributed by atoms with Gasteiger partial charge in [0.05, 0.1) is 18.7 Å². The number of aryl methyl sites for hydroxylation is 1. The number of nitrogens with zero attached hydrogens (tertiary/aromatic N) is 3. The minimum absolute atomic E-state index is 0.585. The van der Waals surface area contributed by atoms with E-state index in [-0.39, 0.29) is 0 Å². The third-order valence-corrected chi connectivity index (χ3v) is 4.23. The highest BCUT2D eigenvalue weighted by atomic mass is 79.9. The predicted octanol–water partition coefficient (Wildman–Crippen LogP) is 3.36. The van der Waals surface area contributed by atoms with Gasteiger partial charge in [-0.15, -0.1) is 0 Å². The van der Waals surface area contributed by atoms with Crippen LogP contribution in [0, 0.1) is 0 Å². The van der Waals surface area contributed by atoms with Crippen LogP contribution in [0.4, 0.5) is 5.82 Å². The van der Waals surface area contributed by atoms with E-state index in [1.807, 2.05) is 36.0 Å². The molecular formula is C16H17BrN4O2. The Bertz CT molecular complexity index is 847. The number of hydrogen-bond acceptors (Lipinski definition) is 5. The van der Waals surface area contributed by atoms with E-state index in [4.69, 9.17) is 9.47 Å². The first-order valence-electron chi connectivity index (χ1n) is 7.04. The fourth-order valence-electron chi connectivity index (χ4n) is 2.49. The molecule has 3 rings (SSSR count). The summed E-state index contributed by atoms with van der Waals surface area (Å²) in [7, 11) is 5.25. The van der Waals surface area contributed by atoms with Gasteiger partial charge in [0, 0.05) is 31.4 Å². The molecule has 3 aromatic rings. The number of rotatable bonds is 5. The zero-order valence-corrected chi connectivity index (χ0v) is 14.7. The number of methoxy groups -OCH3 is 2. The molecule has 0 aliphatic heterocycles. The molecule has 0 saturated carbocycles. The van der Waals surface area contributed by atoms with Crippen LogP contribution < -0.4 is 14.8 Å². The van der Waals surface area contributed by atoms with Crippen LogP contribution in [-0.4, -0.2) is 28.8 Å². The smallest absolute Gasteiger partial charge is 0.154 e. The lowest BCUT2D eigenvalue weighted by atomic mass is 10.2. The summed E-state index contributed by atoms with van der Waals surface area (Å²) >= 11 is 3.51. The number of halogens is 1. The molecule has 0 amide bonds. The average molecular weight is 377 g/mol. The third-order valence-electron chi connectivity index (χ3n) is 3.65. The molecule has 23 heavy (non-hydrogen) atoms. The van der Waals surface area contributed by atoms with Gasteiger partial charge >= 0.3 is 0 Å². The van der Waals surface area contributed by atoms with Gasteiger partial charge in [-0.05, 0) is 28.1 Å². The van der Waals surface area contributed by atoms with Gasteiger partial charge in [0.15, 0.2) is 5.82 Å². The van der Waals surface area contributed by atoms with Gasteiger partial charge in [-0.25, -0.2) is 9.97 Å². The zero-order valence-electron chi connectivity index (χ0n) is 13.1. The Hall–Kier alpha value is -2.28. The summed E-state index contributed by atoms with van der Waals surface area (Å²) in [5, 5.41) is 3.36. The number of benzene rings is 1. The zero-order chi connectivity index (χ0) is 16.4. The van der Waals surface area contributed by atoms with Crippen molar-refractivity contribution >= 4 is 32.8 Å². The topological polar surface area (TPSA) is 61.2 Å². The second-order valence-corrected chi connectivity index (χ2v) is 5.89. The van der Waals surface area contributed by atoms with E-state index < -0.39 is 0 Å². The number of aromatic nitrogens is 3. The molecule has 0 saturated heterocycles. The third kappa shape index (κ3) is 2.96. The standard InChI is InChI=1S/C16H17BrN4O2/c1-21-8-12(17)14-15(21)16(20-9-19-14)18-7-10-4-5-11(22-2)6-13(10)23-3/h4-6,8-9H,7H2,1-3H3,(H,18,19,20). The fraction of sp³-hybridized carbons (Fsp3) is 0.250. The van der Waals surface area contributed by atoms with E-state index in [0.29, 0.717) is 6.54 Å². The van der Waals surface area contributed by atoms with Crippen molar-refractivity contribution in [2.24, 2.45) is 7.05 Å². The van der Waals surface area contributed by atoms with Crippen LogP contribution >= 0.6 is 15.9 Å². The number of hydrogen-bond donors (Lipinski definition) is 1. The molecule has 2 heterocycles. The van der Waals surface area contributed by atoms with E-state index in [0.717, 1.165) is 38.4 Å². The lowest BCUT2D eigenvalue weighted by Crippen LogP contribution is -2.05. The molecule has 0 atom stereocenters. The highest BCUT2D eigenvalue weighted by Gasteiger charge is 2.12. The van der Waals surface area contributed by atoms with Crippen molar-refractivity contribution in [2.45, 2.75) is 6.54 Å². The molecule has 0 bridgehead atoms. The Morgan fingerprint density at radius 1 is 1.22 bits per heavy atom. The quantitative estimate of drug-likeness (QED) is 0.739. The Balaban J connectivity index is 1.89. The number of anilines is 1. The van der Waals surface area contributed by atoms with Crippen molar-refractivity contribution in [3.05, 3.63) is 40.8 Å². The minimum atomic E-state index is 0.585. The molecular weight excluding hydrogens is 360 g/mol. The largest absolute Gasteiger partial charge is 0.497 e. The minimum Gasteiger partial charge on any atom is -0.497 e. The summed E-state index contributed by atoms with van der Waals surface area (Å²) in [4.78, 5) is 8.67. The predicted molar refractivity (Wildman–Crippen MR) is 93.1 cm³/mol. The molecule has 0 radical (unpaired) electrons. The molecule has 0 spiro atoms. The van der Waals surface area contributed by atoms with Crippen molar-refractivity contribution in [1.29, 1.82) is 0 Å². The normalized spacial score (nSPS) is 10.8. The average Bonchev–Trinajstić information content (AvgIpc) is 2.87. The van der Waals surface area contributed by atoms with Crippen LogP contribution in [0.3, 0.4) is 0 Å². The molecule has 0 unspecified atom stereocenters. The van der Waals surface area contributed by atoms with E-state index >= 15 is 0 Å². The maximum Gasteiger partial charge on any atom is 0.154 e. The Morgan fingerprint density at radius 2 is 2.04 bits per heavy atom. The van der Waals surface area contributed by atoms with Gasteiger partial charge in [-0.2, -0.15) is 0 Å². The van der Waals surface area contributed by atoms with Gasteiger partial charge in [0.2, 0.25) is 0 Å². The highest BCUT2D eigenvalue weighted by Crippen LogP contribution is 2.29. The molecule has 1 aromatic carbocycles. The molecule has 0 aliphatic carbocycles. The van der Waals surface area contributed by atoms with Gasteiger partial charge < -0.3 is 19.4 Å². The summed E-state index contributed by atoms with van der Waals surface area (Å²) in [6, 6.07) is 5.75. The van der Waals surface area contributed by atoms with E-state index in [2.05, 4.69) is 31.2 Å². The van der Waals surface area contributed by atoms with E-state index in [1.54, 1.807) is 20.5 Å². The molecule has 0 aliphatic rings. The molecule has 0 fully saturated rings. The number of ether oxygens (including phenoxy) is 2. The number of nitrogens with one attached hydrogen (secondary N) is 1. The maximum absolute atomic E-state index is 5.43. The molecule has 2 aromatic heterocycles. The second kappa shape index (κ2) is 6.45. The van der Waals surface area contributed by atoms with Crippen LogP contribution in [0.25, 0.3) is 11.0 Å². The first-order chi connectivity index (χ1) is 11.1. The van der Waals surface area contributed by atoms with Crippen molar-refractivity contribution in [3.63, 3.8) is 0 Å². The molecule has 1 N–H and O–H groups in total. The van der Waals surface area contributed by atoms with Crippen LogP contribution in [-0.2, 0) is 13.6 Å². The van der Waals surface area contributed by atoms with Gasteiger partial charge in [0.25, 0.3) is 0 Å². The summed E-state index contributed by atoms with van der Waals surface area (Å²) in [5.74, 6) is 2.32. The Kier molecular flexibility index (Phi) is 4.38. The summed E-state index contributed by atoms with van der Waals surface area (Å²) < 4.78 is 13.6. The summed E-state index contributed by atoms with van der Waals surface area (Å²) in [6.45, 7) is 0.585. The van der Waals surface area contributed by atoms with E-state index in [9.17, 15) is 0 Å². The van der Waals surface area contributed by atoms with Crippen LogP contribution in [0.5, 0.6) is 11.5 Å². The van der Waals surface area contributed by atoms with Crippen LogP contribution in [0.1, 0.15) is 5.56 Å². The van der Waals surface area contributed by atoms with Crippen LogP contribution in [0.15, 0.2) is 35.2 Å². The lowest BCUT2D eigenvalue weighted by molar-refractivity contribution is 0.391. The molecule has 120 valence electrons. The van der Waals surface area contributed by atoms with Crippen molar-refractivity contribution in [1.82, 2.24) is 14.5 Å². The summed E-state index contributed by atoms with van der Waals surface area (Å²) in [5.41, 5.74) is 2.85. The highest BCUT2D eigenvalue weighted by molar-refractivity contribution is 9.10. The van der Waals surface area contributed by atoms with Gasteiger partial charge in [-0.3, -0.25) is 0 Å². The lowest BCUT2D eigenvalue weighted by Gasteiger charge is -2.12. The Morgan fingerprint density at radius 3 is 2.78 bits per heavy atom. The number of fused-ring (bicyclic) bond motifs is 1. The fourth-order valence-corrected chi connectivity index (χ4v) is 3.09. The maximum atomic E-state index is 5.43. The van der Waals surface area contributed by atoms with Gasteiger partial charge in [0.1, 0.15) is 28.9 Å². The Labute approximate surface area is 142 Å². The van der Waals surface area contributed by atoms with Gasteiger partial charge in [-0.1, -0.05) is 0 Å². The van der Waals surface area contributed by atoms with Crippen molar-refractivity contribution in [2.75, 3.05) is 19.5 Å². The SMILES string of the molecule is COc1ccc(CNc2ncnc3c(Br)cn(C)c23)c(OC)c1. The van der Waals surface area contributed by atoms with Crippen molar-refractivity contribution in [3.8, 4) is 11.5 Å². The molecule has 6 nitrogen and oxygen atoms in total. The van der Waals surface area contributed by atoms with Crippen LogP contribution in [0.2, 0.25) is 0 Å². The first-order valence-corrected chi connectivity index (χ1v) is 7.83. The first kappa shape index (κ1) is 15.6. The van der Waals surface area contributed by atoms with E-state index in [1.165, 1.54) is 0 Å². The monoisotopic (exact) mass is 376 g/mol. The van der Waals surface area contributed by atoms with Crippen molar-refractivity contribution < 1.29 is 9.47 Å². The molecule has 7 heteroatoms.